The van der Waals surface area contributed by atoms with Crippen molar-refractivity contribution in [2.45, 2.75) is 18.9 Å². The molecule has 1 atom stereocenters. The van der Waals surface area contributed by atoms with E-state index >= 15 is 0 Å². The quantitative estimate of drug-likeness (QED) is 0.376. The van der Waals surface area contributed by atoms with Crippen molar-refractivity contribution in [2.24, 2.45) is 0 Å². The van der Waals surface area contributed by atoms with E-state index in [9.17, 15) is 9.59 Å². The van der Waals surface area contributed by atoms with Crippen LogP contribution in [0.5, 0.6) is 0 Å². The number of aromatic amines is 1. The Labute approximate surface area is 203 Å². The lowest BCUT2D eigenvalue weighted by Crippen LogP contribution is -2.23. The van der Waals surface area contributed by atoms with Crippen LogP contribution in [0.1, 0.15) is 23.9 Å². The van der Waals surface area contributed by atoms with Crippen LogP contribution in [0.4, 0.5) is 5.69 Å². The van der Waals surface area contributed by atoms with Gasteiger partial charge in [-0.2, -0.15) is 4.68 Å². The van der Waals surface area contributed by atoms with E-state index in [0.717, 1.165) is 16.8 Å². The molecule has 1 aliphatic heterocycles. The van der Waals surface area contributed by atoms with Gasteiger partial charge in [0.15, 0.2) is 0 Å². The van der Waals surface area contributed by atoms with Gasteiger partial charge in [-0.3, -0.25) is 14.7 Å². The minimum atomic E-state index is -0.271. The van der Waals surface area contributed by atoms with E-state index in [-0.39, 0.29) is 17.2 Å². The second-order valence-electron chi connectivity index (χ2n) is 8.39. The van der Waals surface area contributed by atoms with Gasteiger partial charge in [-0.05, 0) is 77.4 Å². The third-order valence-electron chi connectivity index (χ3n) is 6.25. The Morgan fingerprint density at radius 3 is 2.60 bits per heavy atom. The predicted octanol–water partition coefficient (Wildman–Crippen LogP) is 2.74. The number of nitrogens with one attached hydrogen (secondary N) is 1. The zero-order valence-corrected chi connectivity index (χ0v) is 19.1. The van der Waals surface area contributed by atoms with Gasteiger partial charge in [0, 0.05) is 34.1 Å². The third kappa shape index (κ3) is 3.64. The first-order chi connectivity index (χ1) is 17.0. The molecule has 3 aromatic heterocycles. The van der Waals surface area contributed by atoms with Gasteiger partial charge in [-0.1, -0.05) is 11.6 Å². The highest BCUT2D eigenvalue weighted by molar-refractivity contribution is 6.31. The zero-order chi connectivity index (χ0) is 24.1. The summed E-state index contributed by atoms with van der Waals surface area (Å²) in [5.74, 6) is 0. The molecule has 2 aromatic carbocycles. The van der Waals surface area contributed by atoms with Crippen LogP contribution in [0.25, 0.3) is 22.5 Å². The summed E-state index contributed by atoms with van der Waals surface area (Å²) in [7, 11) is 0. The van der Waals surface area contributed by atoms with Crippen LogP contribution in [0.3, 0.4) is 0 Å². The summed E-state index contributed by atoms with van der Waals surface area (Å²) in [6, 6.07) is 17.2. The van der Waals surface area contributed by atoms with Crippen molar-refractivity contribution >= 4 is 17.3 Å². The Morgan fingerprint density at radius 1 is 1.00 bits per heavy atom. The molecule has 6 rings (SSSR count). The molecule has 174 valence electrons. The first kappa shape index (κ1) is 21.1. The number of nitrogens with zero attached hydrogens (tertiary/aromatic N) is 6. The number of benzene rings is 2. The van der Waals surface area contributed by atoms with Crippen LogP contribution in [0.15, 0.2) is 76.6 Å². The summed E-state index contributed by atoms with van der Waals surface area (Å²) in [4.78, 5) is 26.0. The molecule has 0 fully saturated rings. The SMILES string of the molecule is Nc1ccc(-n2[nH]c([C@@H]3CCc4cc(-c5cc(Cl)ccc5-n5cnnn5)cc(=O)n43)cc2=O)cc1. The molecule has 0 bridgehead atoms. The Balaban J connectivity index is 1.41. The molecule has 0 aliphatic carbocycles. The van der Waals surface area contributed by atoms with E-state index in [2.05, 4.69) is 20.6 Å². The average Bonchev–Trinajstić information content (AvgIpc) is 3.59. The third-order valence-corrected chi connectivity index (χ3v) is 6.48. The summed E-state index contributed by atoms with van der Waals surface area (Å²) < 4.78 is 4.73. The molecule has 1 aliphatic rings. The number of fused-ring (bicyclic) bond motifs is 1. The van der Waals surface area contributed by atoms with Gasteiger partial charge in [-0.25, -0.2) is 4.68 Å². The van der Waals surface area contributed by atoms with Crippen molar-refractivity contribution in [1.29, 1.82) is 0 Å². The number of halogens is 1. The molecule has 0 unspecified atom stereocenters. The van der Waals surface area contributed by atoms with E-state index in [4.69, 9.17) is 17.3 Å². The van der Waals surface area contributed by atoms with Gasteiger partial charge < -0.3 is 10.3 Å². The highest BCUT2D eigenvalue weighted by atomic mass is 35.5. The van der Waals surface area contributed by atoms with Crippen LogP contribution in [0.2, 0.25) is 5.02 Å². The van der Waals surface area contributed by atoms with E-state index in [1.54, 1.807) is 53.1 Å². The van der Waals surface area contributed by atoms with Crippen LogP contribution in [-0.2, 0) is 6.42 Å². The van der Waals surface area contributed by atoms with Crippen LogP contribution < -0.4 is 16.9 Å². The summed E-state index contributed by atoms with van der Waals surface area (Å²) >= 11 is 6.28. The molecule has 3 N–H and O–H groups in total. The normalized spacial score (nSPS) is 14.8. The highest BCUT2D eigenvalue weighted by Gasteiger charge is 2.28. The maximum absolute atomic E-state index is 13.3. The number of nitrogen functional groups attached to an aromatic ring is 1. The van der Waals surface area contributed by atoms with Gasteiger partial charge >= 0.3 is 0 Å². The largest absolute Gasteiger partial charge is 0.399 e. The number of nitrogens with two attached hydrogens (primary N) is 1. The van der Waals surface area contributed by atoms with Crippen LogP contribution in [0, 0.1) is 0 Å². The molecule has 10 nitrogen and oxygen atoms in total. The molecule has 0 radical (unpaired) electrons. The first-order valence-corrected chi connectivity index (χ1v) is 11.3. The first-order valence-electron chi connectivity index (χ1n) is 10.9. The van der Waals surface area contributed by atoms with Gasteiger partial charge in [0.1, 0.15) is 6.33 Å². The van der Waals surface area contributed by atoms with Crippen molar-refractivity contribution in [1.82, 2.24) is 34.6 Å². The Kier molecular flexibility index (Phi) is 4.89. The summed E-state index contributed by atoms with van der Waals surface area (Å²) in [5.41, 5.74) is 10.4. The Morgan fingerprint density at radius 2 is 1.83 bits per heavy atom. The second kappa shape index (κ2) is 8.10. The van der Waals surface area contributed by atoms with Crippen molar-refractivity contribution < 1.29 is 0 Å². The number of pyridine rings is 1. The number of hydrogen-bond donors (Lipinski definition) is 2. The van der Waals surface area contributed by atoms with E-state index in [1.165, 1.54) is 15.7 Å². The minimum absolute atomic E-state index is 0.163. The minimum Gasteiger partial charge on any atom is -0.399 e. The molecule has 0 saturated heterocycles. The molecule has 4 heterocycles. The molecule has 0 amide bonds. The monoisotopic (exact) mass is 486 g/mol. The number of aromatic nitrogens is 7. The number of rotatable bonds is 4. The second-order valence-corrected chi connectivity index (χ2v) is 8.83. The fourth-order valence-corrected chi connectivity index (χ4v) is 4.83. The van der Waals surface area contributed by atoms with E-state index in [1.807, 2.05) is 12.1 Å². The van der Waals surface area contributed by atoms with Crippen LogP contribution >= 0.6 is 11.6 Å². The lowest BCUT2D eigenvalue weighted by atomic mass is 10.0. The lowest BCUT2D eigenvalue weighted by molar-refractivity contribution is 0.577. The van der Waals surface area contributed by atoms with Gasteiger partial charge in [-0.15, -0.1) is 5.10 Å². The Hall–Kier alpha value is -4.44. The van der Waals surface area contributed by atoms with Crippen molar-refractivity contribution in [3.8, 4) is 22.5 Å². The molecular weight excluding hydrogens is 468 g/mol. The number of hydrogen-bond acceptors (Lipinski definition) is 6. The fraction of sp³-hybridized carbons (Fsp3) is 0.125. The van der Waals surface area contributed by atoms with E-state index < -0.39 is 0 Å². The van der Waals surface area contributed by atoms with Gasteiger partial charge in [0.2, 0.25) is 0 Å². The lowest BCUT2D eigenvalue weighted by Gasteiger charge is -2.15. The standard InChI is InChI=1S/C24H19ClN8O2/c25-15-1-7-21(31-13-27-29-30-31)19(11-15)14-9-18-6-8-22(32(18)23(34)10-14)20-12-24(35)33(28-20)17-4-2-16(26)3-5-17/h1-5,7,9-13,22,28H,6,8,26H2/t22-/m0/s1. The molecule has 5 aromatic rings. The Bertz CT molecular complexity index is 1670. The topological polar surface area (TPSA) is 129 Å². The fourth-order valence-electron chi connectivity index (χ4n) is 4.66. The highest BCUT2D eigenvalue weighted by Crippen LogP contribution is 2.34. The molecule has 0 saturated carbocycles. The van der Waals surface area contributed by atoms with Crippen molar-refractivity contribution in [3.63, 3.8) is 0 Å². The summed E-state index contributed by atoms with van der Waals surface area (Å²) in [6.45, 7) is 0. The summed E-state index contributed by atoms with van der Waals surface area (Å²) in [6.07, 6.45) is 2.87. The van der Waals surface area contributed by atoms with Crippen LogP contribution in [-0.4, -0.2) is 34.6 Å². The number of anilines is 1. The van der Waals surface area contributed by atoms with E-state index in [0.29, 0.717) is 40.6 Å². The average molecular weight is 487 g/mol. The molecule has 35 heavy (non-hydrogen) atoms. The number of H-pyrrole nitrogens is 1. The van der Waals surface area contributed by atoms with Gasteiger partial charge in [0.25, 0.3) is 11.1 Å². The molecular formula is C24H19ClN8O2. The summed E-state index contributed by atoms with van der Waals surface area (Å²) in [5, 5.41) is 15.1. The van der Waals surface area contributed by atoms with Crippen molar-refractivity contribution in [2.75, 3.05) is 5.73 Å². The maximum atomic E-state index is 13.3. The number of tetrazole rings is 1. The predicted molar refractivity (Wildman–Crippen MR) is 131 cm³/mol. The smallest absolute Gasteiger partial charge is 0.271 e. The number of aryl methyl sites for hydroxylation is 1. The zero-order valence-electron chi connectivity index (χ0n) is 18.3. The molecule has 11 heteroatoms. The molecule has 0 spiro atoms. The maximum Gasteiger partial charge on any atom is 0.271 e. The van der Waals surface area contributed by atoms with Crippen molar-refractivity contribution in [3.05, 3.63) is 104 Å². The van der Waals surface area contributed by atoms with Gasteiger partial charge in [0.05, 0.1) is 23.1 Å².